The molecule has 2 amide bonds. The Morgan fingerprint density at radius 2 is 1.92 bits per heavy atom. The maximum Gasteiger partial charge on any atom is 0.239 e. The first-order chi connectivity index (χ1) is 10.7. The lowest BCUT2D eigenvalue weighted by Gasteiger charge is -2.31. The number of halogens is 2. The molecule has 6 nitrogen and oxygen atoms in total. The number of hydrogen-bond donors (Lipinski definition) is 3. The molecule has 1 aliphatic rings. The van der Waals surface area contributed by atoms with Crippen molar-refractivity contribution in [1.29, 1.82) is 0 Å². The molecule has 1 aromatic rings. The first kappa shape index (κ1) is 23.1. The minimum Gasteiger partial charge on any atom is -0.354 e. The molecule has 0 bridgehead atoms. The van der Waals surface area contributed by atoms with E-state index in [1.807, 2.05) is 0 Å². The summed E-state index contributed by atoms with van der Waals surface area (Å²) in [4.78, 5) is 26.4. The summed E-state index contributed by atoms with van der Waals surface area (Å²) in [5.74, 6) is 0.0635. The fourth-order valence-corrected chi connectivity index (χ4v) is 3.29. The number of hydrogen-bond acceptors (Lipinski definition) is 5. The molecule has 0 spiro atoms. The lowest BCUT2D eigenvalue weighted by atomic mass is 9.97. The highest BCUT2D eigenvalue weighted by Gasteiger charge is 2.19. The highest BCUT2D eigenvalue weighted by atomic mass is 35.5. The third-order valence-corrected chi connectivity index (χ3v) is 4.75. The van der Waals surface area contributed by atoms with E-state index in [0.29, 0.717) is 12.5 Å². The molecule has 2 heterocycles. The van der Waals surface area contributed by atoms with Crippen molar-refractivity contribution in [1.82, 2.24) is 15.5 Å². The second-order valence-corrected chi connectivity index (χ2v) is 6.62. The molecule has 24 heavy (non-hydrogen) atoms. The van der Waals surface area contributed by atoms with E-state index in [0.717, 1.165) is 32.5 Å². The van der Waals surface area contributed by atoms with Crippen molar-refractivity contribution in [3.63, 3.8) is 0 Å². The molecule has 1 saturated heterocycles. The monoisotopic (exact) mass is 396 g/mol. The standard InChI is InChI=1S/C15H24N4O2S.2ClH/c16-8-14(20)18-10-15(21)17-9-12-3-5-19(6-4-12)11-13-2-1-7-22-13;;/h1-2,7,12H,3-6,8-11,16H2,(H,17,21)(H,18,20);2*1H. The first-order valence-corrected chi connectivity index (χ1v) is 8.53. The Kier molecular flexibility index (Phi) is 12.0. The number of amides is 2. The molecule has 138 valence electrons. The molecule has 0 aliphatic carbocycles. The van der Waals surface area contributed by atoms with Gasteiger partial charge in [0.2, 0.25) is 11.8 Å². The molecular weight excluding hydrogens is 371 g/mol. The minimum absolute atomic E-state index is 0. The smallest absolute Gasteiger partial charge is 0.239 e. The summed E-state index contributed by atoms with van der Waals surface area (Å²) in [7, 11) is 0. The van der Waals surface area contributed by atoms with Crippen LogP contribution in [0.5, 0.6) is 0 Å². The Balaban J connectivity index is 0.00000264. The van der Waals surface area contributed by atoms with Gasteiger partial charge >= 0.3 is 0 Å². The number of nitrogens with zero attached hydrogens (tertiary/aromatic N) is 1. The molecule has 0 saturated carbocycles. The summed E-state index contributed by atoms with van der Waals surface area (Å²) in [5.41, 5.74) is 5.16. The maximum atomic E-state index is 11.6. The molecule has 1 aromatic heterocycles. The third-order valence-electron chi connectivity index (χ3n) is 3.89. The maximum absolute atomic E-state index is 11.6. The van der Waals surface area contributed by atoms with E-state index < -0.39 is 0 Å². The summed E-state index contributed by atoms with van der Waals surface area (Å²) in [6, 6.07) is 4.26. The van der Waals surface area contributed by atoms with Gasteiger partial charge in [-0.3, -0.25) is 14.5 Å². The van der Waals surface area contributed by atoms with Gasteiger partial charge in [0.25, 0.3) is 0 Å². The van der Waals surface area contributed by atoms with Gasteiger partial charge in [-0.2, -0.15) is 0 Å². The van der Waals surface area contributed by atoms with Crippen molar-refractivity contribution in [2.75, 3.05) is 32.7 Å². The van der Waals surface area contributed by atoms with Gasteiger partial charge in [-0.05, 0) is 43.3 Å². The van der Waals surface area contributed by atoms with E-state index in [-0.39, 0.29) is 49.7 Å². The highest BCUT2D eigenvalue weighted by molar-refractivity contribution is 7.09. The van der Waals surface area contributed by atoms with Crippen molar-refractivity contribution in [3.05, 3.63) is 22.4 Å². The van der Waals surface area contributed by atoms with Crippen molar-refractivity contribution < 1.29 is 9.59 Å². The summed E-state index contributed by atoms with van der Waals surface area (Å²) in [5, 5.41) is 7.46. The zero-order valence-electron chi connectivity index (χ0n) is 13.5. The zero-order chi connectivity index (χ0) is 15.8. The number of rotatable bonds is 7. The van der Waals surface area contributed by atoms with Crippen LogP contribution in [-0.4, -0.2) is 49.4 Å². The number of piperidine rings is 1. The minimum atomic E-state index is -0.308. The van der Waals surface area contributed by atoms with Gasteiger partial charge in [-0.15, -0.1) is 36.2 Å². The molecule has 0 radical (unpaired) electrons. The summed E-state index contributed by atoms with van der Waals surface area (Å²) in [6.45, 7) is 3.78. The second kappa shape index (κ2) is 12.5. The van der Waals surface area contributed by atoms with Crippen molar-refractivity contribution in [3.8, 4) is 0 Å². The van der Waals surface area contributed by atoms with Gasteiger partial charge < -0.3 is 16.4 Å². The summed E-state index contributed by atoms with van der Waals surface area (Å²) < 4.78 is 0. The fraction of sp³-hybridized carbons (Fsp3) is 0.600. The first-order valence-electron chi connectivity index (χ1n) is 7.65. The van der Waals surface area contributed by atoms with Gasteiger partial charge in [0, 0.05) is 18.0 Å². The Labute approximate surface area is 159 Å². The van der Waals surface area contributed by atoms with Gasteiger partial charge in [0.1, 0.15) is 0 Å². The van der Waals surface area contributed by atoms with Crippen LogP contribution in [0.15, 0.2) is 17.5 Å². The van der Waals surface area contributed by atoms with Crippen LogP contribution in [0.4, 0.5) is 0 Å². The summed E-state index contributed by atoms with van der Waals surface area (Å²) >= 11 is 1.80. The van der Waals surface area contributed by atoms with Gasteiger partial charge in [0.15, 0.2) is 0 Å². The van der Waals surface area contributed by atoms with Gasteiger partial charge in [0.05, 0.1) is 13.1 Å². The van der Waals surface area contributed by atoms with Gasteiger partial charge in [-0.1, -0.05) is 6.07 Å². The Bertz CT molecular complexity index is 480. The highest BCUT2D eigenvalue weighted by Crippen LogP contribution is 2.20. The largest absolute Gasteiger partial charge is 0.354 e. The molecule has 0 aromatic carbocycles. The van der Waals surface area contributed by atoms with E-state index in [1.54, 1.807) is 11.3 Å². The molecule has 9 heteroatoms. The summed E-state index contributed by atoms with van der Waals surface area (Å²) in [6.07, 6.45) is 2.20. The number of likely N-dealkylation sites (tertiary alicyclic amines) is 1. The number of thiophene rings is 1. The van der Waals surface area contributed by atoms with E-state index in [1.165, 1.54) is 4.88 Å². The average Bonchev–Trinajstić information content (AvgIpc) is 3.04. The zero-order valence-corrected chi connectivity index (χ0v) is 16.0. The fourth-order valence-electron chi connectivity index (χ4n) is 2.54. The van der Waals surface area contributed by atoms with E-state index >= 15 is 0 Å². The second-order valence-electron chi connectivity index (χ2n) is 5.58. The van der Waals surface area contributed by atoms with Crippen LogP contribution in [-0.2, 0) is 16.1 Å². The van der Waals surface area contributed by atoms with E-state index in [4.69, 9.17) is 5.73 Å². The topological polar surface area (TPSA) is 87.5 Å². The van der Waals surface area contributed by atoms with Crippen molar-refractivity contribution in [2.45, 2.75) is 19.4 Å². The van der Waals surface area contributed by atoms with Crippen LogP contribution in [0.25, 0.3) is 0 Å². The molecule has 1 aliphatic heterocycles. The lowest BCUT2D eigenvalue weighted by molar-refractivity contribution is -0.125. The van der Waals surface area contributed by atoms with Crippen LogP contribution in [0.1, 0.15) is 17.7 Å². The Morgan fingerprint density at radius 3 is 2.50 bits per heavy atom. The van der Waals surface area contributed by atoms with E-state index in [2.05, 4.69) is 33.0 Å². The quantitative estimate of drug-likeness (QED) is 0.641. The number of nitrogens with one attached hydrogen (secondary N) is 2. The van der Waals surface area contributed by atoms with Crippen LogP contribution in [0.3, 0.4) is 0 Å². The Hall–Kier alpha value is -0.860. The van der Waals surface area contributed by atoms with Crippen LogP contribution < -0.4 is 16.4 Å². The van der Waals surface area contributed by atoms with E-state index in [9.17, 15) is 9.59 Å². The van der Waals surface area contributed by atoms with Gasteiger partial charge in [-0.25, -0.2) is 0 Å². The molecule has 0 unspecified atom stereocenters. The number of carbonyl (C=O) groups excluding carboxylic acids is 2. The average molecular weight is 397 g/mol. The third kappa shape index (κ3) is 8.30. The Morgan fingerprint density at radius 1 is 1.21 bits per heavy atom. The number of nitrogens with two attached hydrogens (primary N) is 1. The lowest BCUT2D eigenvalue weighted by Crippen LogP contribution is -2.42. The molecule has 4 N–H and O–H groups in total. The SMILES string of the molecule is Cl.Cl.NCC(=O)NCC(=O)NCC1CCN(Cc2cccs2)CC1. The van der Waals surface area contributed by atoms with Crippen molar-refractivity contribution >= 4 is 48.0 Å². The number of carbonyl (C=O) groups is 2. The predicted molar refractivity (Wildman–Crippen MR) is 102 cm³/mol. The molecule has 1 fully saturated rings. The van der Waals surface area contributed by atoms with Crippen LogP contribution >= 0.6 is 36.2 Å². The molecular formula is C15H26Cl2N4O2S. The van der Waals surface area contributed by atoms with Crippen LogP contribution in [0.2, 0.25) is 0 Å². The normalized spacial score (nSPS) is 15.0. The van der Waals surface area contributed by atoms with Crippen LogP contribution in [0, 0.1) is 5.92 Å². The molecule has 0 atom stereocenters. The predicted octanol–water partition coefficient (Wildman–Crippen LogP) is 0.995. The molecule has 2 rings (SSSR count). The van der Waals surface area contributed by atoms with Crippen molar-refractivity contribution in [2.24, 2.45) is 11.7 Å².